The van der Waals surface area contributed by atoms with E-state index in [0.29, 0.717) is 17.5 Å². The van der Waals surface area contributed by atoms with Gasteiger partial charge in [0.1, 0.15) is 5.82 Å². The van der Waals surface area contributed by atoms with Crippen LogP contribution in [-0.2, 0) is 4.79 Å². The van der Waals surface area contributed by atoms with Crippen LogP contribution in [0.3, 0.4) is 0 Å². The number of ether oxygens (including phenoxy) is 1. The zero-order chi connectivity index (χ0) is 17.8. The molecule has 1 aromatic heterocycles. The molecule has 3 rings (SSSR count). The normalized spacial score (nSPS) is 13.8. The molecule has 1 aromatic carbocycles. The monoisotopic (exact) mass is 344 g/mol. The molecule has 0 atom stereocenters. The number of carbonyl (C=O) groups is 1. The fourth-order valence-corrected chi connectivity index (χ4v) is 2.71. The van der Waals surface area contributed by atoms with Gasteiger partial charge >= 0.3 is 0 Å². The number of benzene rings is 1. The van der Waals surface area contributed by atoms with Gasteiger partial charge in [-0.15, -0.1) is 0 Å². The van der Waals surface area contributed by atoms with E-state index in [1.807, 2.05) is 6.92 Å². The van der Waals surface area contributed by atoms with Crippen LogP contribution in [0, 0.1) is 19.7 Å². The van der Waals surface area contributed by atoms with Gasteiger partial charge in [0.25, 0.3) is 5.91 Å². The van der Waals surface area contributed by atoms with Crippen molar-refractivity contribution in [3.05, 3.63) is 41.3 Å². The Morgan fingerprint density at radius 1 is 1.24 bits per heavy atom. The van der Waals surface area contributed by atoms with Gasteiger partial charge in [-0.2, -0.15) is 4.98 Å². The standard InChI is InChI=1S/C18H21FN4O2/c1-12-5-6-14(19)10-15(12)21-16(24)11-25-17-9-13(2)20-18(22-17)23-7-3-4-8-23/h5-6,9-10H,3-4,7-8,11H2,1-2H3,(H,21,24). The van der Waals surface area contributed by atoms with Gasteiger partial charge in [0, 0.05) is 30.5 Å². The average molecular weight is 344 g/mol. The van der Waals surface area contributed by atoms with E-state index in [9.17, 15) is 9.18 Å². The Labute approximate surface area is 146 Å². The van der Waals surface area contributed by atoms with Crippen molar-refractivity contribution in [2.45, 2.75) is 26.7 Å². The summed E-state index contributed by atoms with van der Waals surface area (Å²) in [5.74, 6) is 0.227. The molecule has 6 nitrogen and oxygen atoms in total. The summed E-state index contributed by atoms with van der Waals surface area (Å²) in [5.41, 5.74) is 2.00. The second-order valence-electron chi connectivity index (χ2n) is 6.14. The maximum absolute atomic E-state index is 13.3. The fraction of sp³-hybridized carbons (Fsp3) is 0.389. The van der Waals surface area contributed by atoms with Gasteiger partial charge in [0.15, 0.2) is 6.61 Å². The molecular formula is C18H21FN4O2. The molecule has 0 radical (unpaired) electrons. The Morgan fingerprint density at radius 3 is 2.76 bits per heavy atom. The Hall–Kier alpha value is -2.70. The van der Waals surface area contributed by atoms with Crippen LogP contribution in [0.2, 0.25) is 0 Å². The van der Waals surface area contributed by atoms with Gasteiger partial charge in [-0.05, 0) is 44.4 Å². The quantitative estimate of drug-likeness (QED) is 0.903. The third-order valence-electron chi connectivity index (χ3n) is 4.03. The maximum Gasteiger partial charge on any atom is 0.262 e. The second-order valence-corrected chi connectivity index (χ2v) is 6.14. The molecule has 0 spiro atoms. The molecule has 0 unspecified atom stereocenters. The number of hydrogen-bond acceptors (Lipinski definition) is 5. The summed E-state index contributed by atoms with van der Waals surface area (Å²) in [6.45, 7) is 5.33. The number of hydrogen-bond donors (Lipinski definition) is 1. The lowest BCUT2D eigenvalue weighted by Crippen LogP contribution is -2.23. The van der Waals surface area contributed by atoms with Crippen LogP contribution < -0.4 is 15.0 Å². The average Bonchev–Trinajstić information content (AvgIpc) is 3.10. The second kappa shape index (κ2) is 7.46. The Bertz CT molecular complexity index is 776. The zero-order valence-corrected chi connectivity index (χ0v) is 14.4. The largest absolute Gasteiger partial charge is 0.467 e. The van der Waals surface area contributed by atoms with Gasteiger partial charge < -0.3 is 15.0 Å². The summed E-state index contributed by atoms with van der Waals surface area (Å²) in [7, 11) is 0. The number of carbonyl (C=O) groups excluding carboxylic acids is 1. The van der Waals surface area contributed by atoms with E-state index < -0.39 is 5.82 Å². The minimum Gasteiger partial charge on any atom is -0.467 e. The summed E-state index contributed by atoms with van der Waals surface area (Å²) in [5, 5.41) is 2.65. The SMILES string of the molecule is Cc1cc(OCC(=O)Nc2cc(F)ccc2C)nc(N2CCCC2)n1. The Balaban J connectivity index is 1.62. The van der Waals surface area contributed by atoms with Crippen molar-refractivity contribution in [2.75, 3.05) is 29.9 Å². The summed E-state index contributed by atoms with van der Waals surface area (Å²) in [6.07, 6.45) is 2.26. The molecule has 1 aliphatic rings. The minimum atomic E-state index is -0.400. The number of nitrogens with one attached hydrogen (secondary N) is 1. The molecule has 25 heavy (non-hydrogen) atoms. The van der Waals surface area contributed by atoms with Crippen LogP contribution in [0.1, 0.15) is 24.1 Å². The smallest absolute Gasteiger partial charge is 0.262 e. The number of anilines is 2. The Kier molecular flexibility index (Phi) is 5.11. The predicted molar refractivity (Wildman–Crippen MR) is 93.5 cm³/mol. The number of rotatable bonds is 5. The highest BCUT2D eigenvalue weighted by Crippen LogP contribution is 2.20. The molecule has 1 amide bonds. The van der Waals surface area contributed by atoms with Crippen molar-refractivity contribution in [3.63, 3.8) is 0 Å². The van der Waals surface area contributed by atoms with Crippen molar-refractivity contribution in [1.82, 2.24) is 9.97 Å². The highest BCUT2D eigenvalue weighted by molar-refractivity contribution is 5.92. The van der Waals surface area contributed by atoms with Crippen molar-refractivity contribution >= 4 is 17.5 Å². The molecule has 1 saturated heterocycles. The van der Waals surface area contributed by atoms with E-state index in [-0.39, 0.29) is 12.5 Å². The van der Waals surface area contributed by atoms with Crippen LogP contribution in [0.5, 0.6) is 5.88 Å². The van der Waals surface area contributed by atoms with Crippen LogP contribution in [0.4, 0.5) is 16.0 Å². The van der Waals surface area contributed by atoms with Crippen molar-refractivity contribution in [2.24, 2.45) is 0 Å². The lowest BCUT2D eigenvalue weighted by atomic mass is 10.2. The van der Waals surface area contributed by atoms with Gasteiger partial charge in [-0.1, -0.05) is 6.07 Å². The highest BCUT2D eigenvalue weighted by Gasteiger charge is 2.16. The molecule has 132 valence electrons. The van der Waals surface area contributed by atoms with E-state index in [1.54, 1.807) is 19.1 Å². The molecule has 0 aliphatic carbocycles. The van der Waals surface area contributed by atoms with E-state index in [2.05, 4.69) is 20.2 Å². The summed E-state index contributed by atoms with van der Waals surface area (Å²) in [6, 6.07) is 5.95. The van der Waals surface area contributed by atoms with E-state index in [4.69, 9.17) is 4.74 Å². The van der Waals surface area contributed by atoms with Gasteiger partial charge in [-0.3, -0.25) is 4.79 Å². The first-order valence-electron chi connectivity index (χ1n) is 8.31. The molecular weight excluding hydrogens is 323 g/mol. The summed E-state index contributed by atoms with van der Waals surface area (Å²) >= 11 is 0. The minimum absolute atomic E-state index is 0.203. The van der Waals surface area contributed by atoms with Gasteiger partial charge in [0.05, 0.1) is 0 Å². The molecule has 2 heterocycles. The summed E-state index contributed by atoms with van der Waals surface area (Å²) in [4.78, 5) is 23.0. The van der Waals surface area contributed by atoms with Crippen LogP contribution in [0.25, 0.3) is 0 Å². The van der Waals surface area contributed by atoms with Crippen molar-refractivity contribution < 1.29 is 13.9 Å². The van der Waals surface area contributed by atoms with Crippen LogP contribution in [0.15, 0.2) is 24.3 Å². The first-order chi connectivity index (χ1) is 12.0. The highest BCUT2D eigenvalue weighted by atomic mass is 19.1. The Morgan fingerprint density at radius 2 is 2.00 bits per heavy atom. The number of nitrogens with zero attached hydrogens (tertiary/aromatic N) is 3. The zero-order valence-electron chi connectivity index (χ0n) is 14.4. The first kappa shape index (κ1) is 17.1. The van der Waals surface area contributed by atoms with Crippen LogP contribution >= 0.6 is 0 Å². The summed E-state index contributed by atoms with van der Waals surface area (Å²) < 4.78 is 18.8. The van der Waals surface area contributed by atoms with Gasteiger partial charge in [0.2, 0.25) is 11.8 Å². The van der Waals surface area contributed by atoms with E-state index in [1.165, 1.54) is 12.1 Å². The molecule has 1 aliphatic heterocycles. The molecule has 7 heteroatoms. The van der Waals surface area contributed by atoms with E-state index >= 15 is 0 Å². The van der Waals surface area contributed by atoms with Crippen LogP contribution in [-0.4, -0.2) is 35.6 Å². The van der Waals surface area contributed by atoms with Crippen molar-refractivity contribution in [1.29, 1.82) is 0 Å². The molecule has 0 bridgehead atoms. The van der Waals surface area contributed by atoms with Crippen molar-refractivity contribution in [3.8, 4) is 5.88 Å². The molecule has 2 aromatic rings. The lowest BCUT2D eigenvalue weighted by molar-refractivity contribution is -0.118. The number of aryl methyl sites for hydroxylation is 2. The molecule has 0 saturated carbocycles. The maximum atomic E-state index is 13.3. The third-order valence-corrected chi connectivity index (χ3v) is 4.03. The molecule has 1 N–H and O–H groups in total. The number of halogens is 1. The number of amides is 1. The topological polar surface area (TPSA) is 67.3 Å². The first-order valence-corrected chi connectivity index (χ1v) is 8.31. The van der Waals surface area contributed by atoms with Gasteiger partial charge in [-0.25, -0.2) is 9.37 Å². The fourth-order valence-electron chi connectivity index (χ4n) is 2.71. The lowest BCUT2D eigenvalue weighted by Gasteiger charge is -2.16. The predicted octanol–water partition coefficient (Wildman–Crippen LogP) is 2.85. The number of aromatic nitrogens is 2. The molecule has 1 fully saturated rings. The van der Waals surface area contributed by atoms with E-state index in [0.717, 1.165) is 37.2 Å². The third kappa shape index (κ3) is 4.43.